The zero-order valence-electron chi connectivity index (χ0n) is 9.74. The highest BCUT2D eigenvalue weighted by Crippen LogP contribution is 2.36. The lowest BCUT2D eigenvalue weighted by Gasteiger charge is -2.18. The number of nitrogens with zero attached hydrogens (tertiary/aromatic N) is 3. The molecule has 0 spiro atoms. The molecule has 0 saturated heterocycles. The maximum atomic E-state index is 9.30. The number of quaternary nitrogens is 1. The van der Waals surface area contributed by atoms with Crippen molar-refractivity contribution in [1.82, 2.24) is 9.97 Å². The Bertz CT molecular complexity index is 586. The summed E-state index contributed by atoms with van der Waals surface area (Å²) in [7, 11) is 0. The van der Waals surface area contributed by atoms with Crippen molar-refractivity contribution >= 4 is 23.0 Å². The highest BCUT2D eigenvalue weighted by molar-refractivity contribution is 5.76. The summed E-state index contributed by atoms with van der Waals surface area (Å²) in [5.41, 5.74) is 9.57. The van der Waals surface area contributed by atoms with Crippen LogP contribution in [0.5, 0.6) is 0 Å². The summed E-state index contributed by atoms with van der Waals surface area (Å²) >= 11 is 0. The van der Waals surface area contributed by atoms with E-state index in [0.717, 1.165) is 24.1 Å². The molecule has 0 radical (unpaired) electrons. The van der Waals surface area contributed by atoms with Crippen LogP contribution >= 0.6 is 0 Å². The number of hydrogen-bond acceptors (Lipinski definition) is 5. The molecule has 1 aromatic carbocycles. The molecule has 0 aliphatic carbocycles. The van der Waals surface area contributed by atoms with Gasteiger partial charge in [-0.05, 0) is 18.1 Å². The summed E-state index contributed by atoms with van der Waals surface area (Å²) in [4.78, 5) is 10.2. The van der Waals surface area contributed by atoms with E-state index in [4.69, 9.17) is 5.73 Å². The minimum Gasteiger partial charge on any atom is -0.378 e. The lowest BCUT2D eigenvalue weighted by atomic mass is 10.2. The van der Waals surface area contributed by atoms with Crippen LogP contribution in [0.4, 0.5) is 23.0 Å². The number of anilines is 3. The second-order valence-electron chi connectivity index (χ2n) is 4.16. The van der Waals surface area contributed by atoms with Crippen LogP contribution in [0.25, 0.3) is 0 Å². The molecule has 92 valence electrons. The molecule has 1 aromatic heterocycles. The van der Waals surface area contributed by atoms with Gasteiger partial charge in [-0.3, -0.25) is 0 Å². The third-order valence-corrected chi connectivity index (χ3v) is 3.17. The van der Waals surface area contributed by atoms with Gasteiger partial charge in [0.1, 0.15) is 6.33 Å². The minimum absolute atomic E-state index is 0.284. The number of fused-ring (bicyclic) bond motifs is 1. The predicted molar refractivity (Wildman–Crippen MR) is 67.0 cm³/mol. The van der Waals surface area contributed by atoms with Crippen LogP contribution in [0.3, 0.4) is 0 Å². The Labute approximate surface area is 104 Å². The summed E-state index contributed by atoms with van der Waals surface area (Å²) in [5.74, 6) is 0.932. The molecule has 2 heterocycles. The van der Waals surface area contributed by atoms with Crippen LogP contribution in [0.2, 0.25) is 0 Å². The van der Waals surface area contributed by atoms with Gasteiger partial charge >= 0.3 is 0 Å². The molecule has 1 aliphatic heterocycles. The van der Waals surface area contributed by atoms with Crippen LogP contribution < -0.4 is 16.1 Å². The van der Waals surface area contributed by atoms with Crippen LogP contribution in [-0.4, -0.2) is 21.7 Å². The smallest absolute Gasteiger partial charge is 0.247 e. The number of nitrogen functional groups attached to an aromatic ring is 1. The van der Waals surface area contributed by atoms with E-state index >= 15 is 0 Å². The number of aromatic nitrogens is 2. The van der Waals surface area contributed by atoms with Crippen LogP contribution in [0, 0.1) is 0 Å². The van der Waals surface area contributed by atoms with E-state index in [1.807, 2.05) is 18.2 Å². The van der Waals surface area contributed by atoms with Crippen molar-refractivity contribution in [2.24, 2.45) is 0 Å². The fourth-order valence-corrected chi connectivity index (χ4v) is 2.30. The minimum atomic E-state index is 0.284. The van der Waals surface area contributed by atoms with Crippen molar-refractivity contribution in [2.45, 2.75) is 6.42 Å². The van der Waals surface area contributed by atoms with Crippen LogP contribution in [0.15, 0.2) is 30.6 Å². The van der Waals surface area contributed by atoms with Gasteiger partial charge < -0.3 is 10.6 Å². The first-order valence-corrected chi connectivity index (χ1v) is 5.74. The number of hydrogen-bond donors (Lipinski definition) is 3. The average Bonchev–Trinajstić information content (AvgIpc) is 2.82. The first kappa shape index (κ1) is 10.9. The van der Waals surface area contributed by atoms with Gasteiger partial charge in [-0.25, -0.2) is 15.2 Å². The highest BCUT2D eigenvalue weighted by atomic mass is 16.5. The Balaban J connectivity index is 2.10. The van der Waals surface area contributed by atoms with Gasteiger partial charge in [0.25, 0.3) is 0 Å². The molecule has 0 saturated carbocycles. The molecule has 18 heavy (non-hydrogen) atoms. The molecule has 0 amide bonds. The third-order valence-electron chi connectivity index (χ3n) is 3.17. The van der Waals surface area contributed by atoms with Crippen molar-refractivity contribution < 1.29 is 10.7 Å². The normalized spacial score (nSPS) is 13.7. The summed E-state index contributed by atoms with van der Waals surface area (Å²) in [6.07, 6.45) is 2.38. The summed E-state index contributed by atoms with van der Waals surface area (Å²) < 4.78 is 0. The molecule has 6 nitrogen and oxygen atoms in total. The van der Waals surface area contributed by atoms with Crippen molar-refractivity contribution in [3.05, 3.63) is 36.2 Å². The first-order chi connectivity index (χ1) is 8.81. The van der Waals surface area contributed by atoms with Gasteiger partial charge in [0.2, 0.25) is 11.5 Å². The SMILES string of the molecule is Nc1ncnc(N2CCc3ccccc32)c1[NH2+]O. The van der Waals surface area contributed by atoms with Gasteiger partial charge in [-0.1, -0.05) is 18.2 Å². The maximum absolute atomic E-state index is 9.30. The average molecular weight is 244 g/mol. The van der Waals surface area contributed by atoms with Crippen LogP contribution in [-0.2, 0) is 6.42 Å². The zero-order chi connectivity index (χ0) is 12.5. The lowest BCUT2D eigenvalue weighted by molar-refractivity contribution is -0.824. The molecule has 0 bridgehead atoms. The first-order valence-electron chi connectivity index (χ1n) is 5.74. The Hall–Kier alpha value is -2.18. The largest absolute Gasteiger partial charge is 0.378 e. The predicted octanol–water partition coefficient (Wildman–Crippen LogP) is 0.337. The molecule has 3 rings (SSSR count). The molecule has 2 aromatic rings. The Morgan fingerprint density at radius 2 is 2.11 bits per heavy atom. The Morgan fingerprint density at radius 3 is 2.94 bits per heavy atom. The zero-order valence-corrected chi connectivity index (χ0v) is 9.74. The monoisotopic (exact) mass is 244 g/mol. The molecule has 5 N–H and O–H groups in total. The van der Waals surface area contributed by atoms with Crippen LogP contribution in [0.1, 0.15) is 5.56 Å². The van der Waals surface area contributed by atoms with Crippen molar-refractivity contribution in [1.29, 1.82) is 0 Å². The van der Waals surface area contributed by atoms with Crippen molar-refractivity contribution in [3.63, 3.8) is 0 Å². The van der Waals surface area contributed by atoms with E-state index in [1.54, 1.807) is 0 Å². The topological polar surface area (TPSA) is 91.9 Å². The maximum Gasteiger partial charge on any atom is 0.247 e. The van der Waals surface area contributed by atoms with Crippen molar-refractivity contribution in [2.75, 3.05) is 17.2 Å². The molecule has 1 aliphatic rings. The van der Waals surface area contributed by atoms with Crippen molar-refractivity contribution in [3.8, 4) is 0 Å². The number of para-hydroxylation sites is 1. The van der Waals surface area contributed by atoms with E-state index < -0.39 is 0 Å². The van der Waals surface area contributed by atoms with E-state index in [9.17, 15) is 5.21 Å². The molecular formula is C12H14N5O+. The van der Waals surface area contributed by atoms with E-state index in [-0.39, 0.29) is 5.82 Å². The molecular weight excluding hydrogens is 230 g/mol. The quantitative estimate of drug-likeness (QED) is 0.662. The fourth-order valence-electron chi connectivity index (χ4n) is 2.30. The number of nitrogens with two attached hydrogens (primary N) is 2. The Kier molecular flexibility index (Phi) is 2.58. The highest BCUT2D eigenvalue weighted by Gasteiger charge is 2.26. The third kappa shape index (κ3) is 1.59. The second-order valence-corrected chi connectivity index (χ2v) is 4.16. The van der Waals surface area contributed by atoms with Gasteiger partial charge in [-0.2, -0.15) is 5.48 Å². The Morgan fingerprint density at radius 1 is 1.28 bits per heavy atom. The van der Waals surface area contributed by atoms with Gasteiger partial charge in [0.05, 0.1) is 0 Å². The summed E-state index contributed by atoms with van der Waals surface area (Å²) in [6.45, 7) is 0.830. The van der Waals surface area contributed by atoms with E-state index in [1.165, 1.54) is 11.9 Å². The molecule has 0 unspecified atom stereocenters. The van der Waals surface area contributed by atoms with Gasteiger partial charge in [-0.15, -0.1) is 0 Å². The number of rotatable bonds is 2. The fraction of sp³-hybridized carbons (Fsp3) is 0.167. The molecule has 0 atom stereocenters. The molecule has 0 fully saturated rings. The lowest BCUT2D eigenvalue weighted by Crippen LogP contribution is -2.74. The van der Waals surface area contributed by atoms with Gasteiger partial charge in [0.15, 0.2) is 5.82 Å². The van der Waals surface area contributed by atoms with E-state index in [0.29, 0.717) is 11.5 Å². The number of benzene rings is 1. The second kappa shape index (κ2) is 4.25. The standard InChI is InChI=1S/C12H13N5O/c13-11-10(16-18)12(15-7-14-11)17-6-5-8-3-1-2-4-9(8)17/h1-4,7,16,18H,5-6H2,(H2,13,14,15)/p+1. The molecule has 6 heteroatoms. The summed E-state index contributed by atoms with van der Waals surface area (Å²) in [5, 5.41) is 9.30. The summed E-state index contributed by atoms with van der Waals surface area (Å²) in [6, 6.07) is 8.16. The van der Waals surface area contributed by atoms with Gasteiger partial charge in [0, 0.05) is 12.2 Å². The van der Waals surface area contributed by atoms with E-state index in [2.05, 4.69) is 20.9 Å².